The van der Waals surface area contributed by atoms with Gasteiger partial charge in [-0.15, -0.1) is 0 Å². The largest absolute Gasteiger partial charge is 0.350 e. The fraction of sp³-hybridized carbons (Fsp3) is 0.308. The number of benzene rings is 2. The number of hydrogen-bond donors (Lipinski definition) is 2. The van der Waals surface area contributed by atoms with Crippen LogP contribution in [0, 0.1) is 12.7 Å². The van der Waals surface area contributed by atoms with Gasteiger partial charge in [0.15, 0.2) is 5.69 Å². The molecule has 8 nitrogen and oxygen atoms in total. The fourth-order valence-electron chi connectivity index (χ4n) is 4.62. The maximum absolute atomic E-state index is 13.7. The van der Waals surface area contributed by atoms with Crippen LogP contribution in [0.1, 0.15) is 51.9 Å². The first-order valence-corrected chi connectivity index (χ1v) is 12.0. The van der Waals surface area contributed by atoms with Crippen molar-refractivity contribution >= 4 is 35.0 Å². The molecule has 2 aromatic carbocycles. The molecule has 36 heavy (non-hydrogen) atoms. The maximum atomic E-state index is 13.7. The summed E-state index contributed by atoms with van der Waals surface area (Å²) in [5.41, 5.74) is 0.954. The minimum absolute atomic E-state index is 0.00111. The second-order valence-electron chi connectivity index (χ2n) is 9.43. The SMILES string of the molecule is Cc1c(Cl)cccc1NC(=O)c1ncn2c1C(=O)N(C1CC1)C(C)(C(=O)NCc1ccc(F)cc1)C2. The molecule has 1 aliphatic heterocycles. The van der Waals surface area contributed by atoms with Crippen molar-refractivity contribution in [1.82, 2.24) is 19.8 Å². The predicted octanol–water partition coefficient (Wildman–Crippen LogP) is 3.93. The van der Waals surface area contributed by atoms with Gasteiger partial charge in [0.2, 0.25) is 5.91 Å². The van der Waals surface area contributed by atoms with Gasteiger partial charge in [-0.25, -0.2) is 9.37 Å². The minimum atomic E-state index is -1.18. The van der Waals surface area contributed by atoms with Crippen LogP contribution in [-0.2, 0) is 17.9 Å². The van der Waals surface area contributed by atoms with E-state index in [4.69, 9.17) is 11.6 Å². The van der Waals surface area contributed by atoms with E-state index < -0.39 is 17.4 Å². The lowest BCUT2D eigenvalue weighted by atomic mass is 9.93. The lowest BCUT2D eigenvalue weighted by Crippen LogP contribution is -2.64. The molecule has 0 bridgehead atoms. The molecule has 2 aliphatic rings. The first kappa shape index (κ1) is 24.0. The average molecular weight is 510 g/mol. The fourth-order valence-corrected chi connectivity index (χ4v) is 4.80. The van der Waals surface area contributed by atoms with Crippen molar-refractivity contribution < 1.29 is 18.8 Å². The van der Waals surface area contributed by atoms with Crippen LogP contribution in [0.2, 0.25) is 5.02 Å². The summed E-state index contributed by atoms with van der Waals surface area (Å²) in [4.78, 5) is 46.1. The molecule has 3 amide bonds. The van der Waals surface area contributed by atoms with E-state index in [9.17, 15) is 18.8 Å². The summed E-state index contributed by atoms with van der Waals surface area (Å²) < 4.78 is 14.8. The molecular formula is C26H25ClFN5O3. The summed E-state index contributed by atoms with van der Waals surface area (Å²) in [6, 6.07) is 11.0. The molecule has 1 atom stereocenters. The normalized spacial score (nSPS) is 19.1. The number of fused-ring (bicyclic) bond motifs is 1. The number of hydrogen-bond acceptors (Lipinski definition) is 4. The molecule has 2 heterocycles. The first-order chi connectivity index (χ1) is 17.2. The molecule has 1 unspecified atom stereocenters. The number of anilines is 1. The van der Waals surface area contributed by atoms with Crippen LogP contribution in [-0.4, -0.2) is 43.8 Å². The maximum Gasteiger partial charge on any atom is 0.276 e. The van der Waals surface area contributed by atoms with Crippen molar-refractivity contribution in [2.24, 2.45) is 0 Å². The molecule has 0 saturated heterocycles. The quantitative estimate of drug-likeness (QED) is 0.526. The number of aromatic nitrogens is 2. The van der Waals surface area contributed by atoms with Crippen LogP contribution in [0.25, 0.3) is 0 Å². The Morgan fingerprint density at radius 3 is 2.61 bits per heavy atom. The number of nitrogens with one attached hydrogen (secondary N) is 2. The highest BCUT2D eigenvalue weighted by Gasteiger charge is 2.53. The number of halogens is 2. The summed E-state index contributed by atoms with van der Waals surface area (Å²) in [5, 5.41) is 6.19. The Kier molecular flexibility index (Phi) is 6.04. The zero-order valence-corrected chi connectivity index (χ0v) is 20.6. The third kappa shape index (κ3) is 4.24. The van der Waals surface area contributed by atoms with Gasteiger partial charge < -0.3 is 20.1 Å². The standard InChI is InChI=1S/C26H25ClFN5O3/c1-15-19(27)4-3-5-20(15)31-23(34)21-22-24(35)33(18-10-11-18)26(2,13-32(22)14-30-21)25(36)29-12-16-6-8-17(28)9-7-16/h3-9,14,18H,10-13H2,1-2H3,(H,29,36)(H,31,34). The molecule has 1 fully saturated rings. The van der Waals surface area contributed by atoms with Crippen molar-refractivity contribution in [1.29, 1.82) is 0 Å². The highest BCUT2D eigenvalue weighted by atomic mass is 35.5. The summed E-state index contributed by atoms with van der Waals surface area (Å²) in [6.07, 6.45) is 2.98. The summed E-state index contributed by atoms with van der Waals surface area (Å²) in [7, 11) is 0. The van der Waals surface area contributed by atoms with Crippen molar-refractivity contribution in [2.75, 3.05) is 5.32 Å². The Labute approximate surface area is 212 Å². The van der Waals surface area contributed by atoms with E-state index in [0.717, 1.165) is 18.4 Å². The Morgan fingerprint density at radius 2 is 1.92 bits per heavy atom. The molecule has 1 saturated carbocycles. The van der Waals surface area contributed by atoms with Gasteiger partial charge in [-0.05, 0) is 62.1 Å². The molecule has 0 spiro atoms. The van der Waals surface area contributed by atoms with E-state index in [1.807, 2.05) is 0 Å². The average Bonchev–Trinajstić information content (AvgIpc) is 3.59. The molecule has 0 radical (unpaired) electrons. The summed E-state index contributed by atoms with van der Waals surface area (Å²) in [5.74, 6) is -1.61. The van der Waals surface area contributed by atoms with E-state index in [-0.39, 0.29) is 42.2 Å². The third-order valence-corrected chi connectivity index (χ3v) is 7.18. The molecule has 1 aliphatic carbocycles. The Balaban J connectivity index is 1.41. The monoisotopic (exact) mass is 509 g/mol. The summed E-state index contributed by atoms with van der Waals surface area (Å²) >= 11 is 6.17. The predicted molar refractivity (Wildman–Crippen MR) is 132 cm³/mol. The second-order valence-corrected chi connectivity index (χ2v) is 9.83. The van der Waals surface area contributed by atoms with Gasteiger partial charge >= 0.3 is 0 Å². The van der Waals surface area contributed by atoms with Gasteiger partial charge in [0.05, 0.1) is 12.9 Å². The highest BCUT2D eigenvalue weighted by molar-refractivity contribution is 6.31. The first-order valence-electron chi connectivity index (χ1n) is 11.7. The number of rotatable bonds is 6. The molecular weight excluding hydrogens is 485 g/mol. The molecule has 10 heteroatoms. The topological polar surface area (TPSA) is 96.3 Å². The van der Waals surface area contributed by atoms with E-state index in [1.165, 1.54) is 18.5 Å². The van der Waals surface area contributed by atoms with Gasteiger partial charge in [0, 0.05) is 23.3 Å². The zero-order chi connectivity index (χ0) is 25.6. The van der Waals surface area contributed by atoms with Gasteiger partial charge in [-0.2, -0.15) is 0 Å². The van der Waals surface area contributed by atoms with Crippen LogP contribution in [0.5, 0.6) is 0 Å². The molecule has 1 aromatic heterocycles. The van der Waals surface area contributed by atoms with Gasteiger partial charge in [0.1, 0.15) is 17.1 Å². The van der Waals surface area contributed by atoms with E-state index >= 15 is 0 Å². The van der Waals surface area contributed by atoms with Crippen molar-refractivity contribution in [2.45, 2.75) is 51.4 Å². The van der Waals surface area contributed by atoms with Crippen molar-refractivity contribution in [3.63, 3.8) is 0 Å². The molecule has 3 aromatic rings. The number of carbonyl (C=O) groups is 3. The van der Waals surface area contributed by atoms with E-state index in [2.05, 4.69) is 15.6 Å². The zero-order valence-electron chi connectivity index (χ0n) is 19.8. The molecule has 5 rings (SSSR count). The van der Waals surface area contributed by atoms with Crippen molar-refractivity contribution in [3.05, 3.63) is 82.1 Å². The number of imidazole rings is 1. The number of amides is 3. The van der Waals surface area contributed by atoms with Crippen molar-refractivity contribution in [3.8, 4) is 0 Å². The Bertz CT molecular complexity index is 1370. The van der Waals surface area contributed by atoms with Gasteiger partial charge in [0.25, 0.3) is 11.8 Å². The molecule has 186 valence electrons. The van der Waals surface area contributed by atoms with Crippen LogP contribution in [0.15, 0.2) is 48.8 Å². The Hall–Kier alpha value is -3.72. The van der Waals surface area contributed by atoms with Crippen LogP contribution < -0.4 is 10.6 Å². The number of nitrogens with zero attached hydrogens (tertiary/aromatic N) is 3. The van der Waals surface area contributed by atoms with E-state index in [1.54, 1.807) is 53.6 Å². The third-order valence-electron chi connectivity index (χ3n) is 6.77. The van der Waals surface area contributed by atoms with Crippen LogP contribution in [0.3, 0.4) is 0 Å². The lowest BCUT2D eigenvalue weighted by Gasteiger charge is -2.44. The smallest absolute Gasteiger partial charge is 0.276 e. The minimum Gasteiger partial charge on any atom is -0.350 e. The highest BCUT2D eigenvalue weighted by Crippen LogP contribution is 2.39. The van der Waals surface area contributed by atoms with Gasteiger partial charge in [-0.3, -0.25) is 14.4 Å². The Morgan fingerprint density at radius 1 is 1.19 bits per heavy atom. The second kappa shape index (κ2) is 9.05. The van der Waals surface area contributed by atoms with E-state index in [0.29, 0.717) is 16.3 Å². The van der Waals surface area contributed by atoms with Gasteiger partial charge in [-0.1, -0.05) is 29.8 Å². The molecule has 2 N–H and O–H groups in total. The van der Waals surface area contributed by atoms with Crippen LogP contribution in [0.4, 0.5) is 10.1 Å². The lowest BCUT2D eigenvalue weighted by molar-refractivity contribution is -0.133. The number of carbonyl (C=O) groups excluding carboxylic acids is 3. The summed E-state index contributed by atoms with van der Waals surface area (Å²) in [6.45, 7) is 3.86. The van der Waals surface area contributed by atoms with Crippen LogP contribution >= 0.6 is 11.6 Å².